The third-order valence-corrected chi connectivity index (χ3v) is 3.15. The van der Waals surface area contributed by atoms with Crippen molar-refractivity contribution >= 4 is 17.5 Å². The highest BCUT2D eigenvalue weighted by molar-refractivity contribution is 6.21. The fourth-order valence-corrected chi connectivity index (χ4v) is 1.40. The quantitative estimate of drug-likeness (QED) is 0.726. The Kier molecular flexibility index (Phi) is 4.69. The molecule has 1 N–H and O–H groups in total. The van der Waals surface area contributed by atoms with Gasteiger partial charge in [0.05, 0.1) is 17.9 Å². The van der Waals surface area contributed by atoms with Gasteiger partial charge in [0, 0.05) is 13.2 Å². The monoisotopic (exact) mass is 219 g/mol. The van der Waals surface area contributed by atoms with E-state index in [9.17, 15) is 4.79 Å². The zero-order valence-electron chi connectivity index (χ0n) is 8.75. The Labute approximate surface area is 90.1 Å². The molecule has 1 fully saturated rings. The molecule has 3 nitrogen and oxygen atoms in total. The number of halogens is 1. The van der Waals surface area contributed by atoms with E-state index < -0.39 is 0 Å². The van der Waals surface area contributed by atoms with Crippen molar-refractivity contribution < 1.29 is 9.53 Å². The topological polar surface area (TPSA) is 38.3 Å². The Balaban J connectivity index is 2.20. The molecule has 14 heavy (non-hydrogen) atoms. The van der Waals surface area contributed by atoms with Crippen LogP contribution in [0.4, 0.5) is 0 Å². The van der Waals surface area contributed by atoms with Crippen LogP contribution in [0.25, 0.3) is 0 Å². The van der Waals surface area contributed by atoms with E-state index in [1.807, 2.05) is 13.8 Å². The third-order valence-electron chi connectivity index (χ3n) is 2.50. The summed E-state index contributed by atoms with van der Waals surface area (Å²) in [6.45, 7) is 5.90. The summed E-state index contributed by atoms with van der Waals surface area (Å²) < 4.78 is 5.14. The minimum Gasteiger partial charge on any atom is -0.381 e. The van der Waals surface area contributed by atoms with Crippen LogP contribution in [0.1, 0.15) is 20.3 Å². The summed E-state index contributed by atoms with van der Waals surface area (Å²) in [5.74, 6) is 0.497. The number of carbonyl (C=O) groups excluding carboxylic acids is 1. The van der Waals surface area contributed by atoms with Crippen molar-refractivity contribution in [3.05, 3.63) is 0 Å². The number of nitrogens with one attached hydrogen (secondary N) is 1. The second-order valence-corrected chi connectivity index (χ2v) is 4.63. The molecular formula is C10H18ClNO2. The average Bonchev–Trinajstić information content (AvgIpc) is 2.66. The van der Waals surface area contributed by atoms with E-state index in [-0.39, 0.29) is 17.2 Å². The first-order valence-electron chi connectivity index (χ1n) is 5.10. The number of amides is 1. The van der Waals surface area contributed by atoms with Crippen LogP contribution in [0.5, 0.6) is 0 Å². The Morgan fingerprint density at radius 2 is 2.36 bits per heavy atom. The van der Waals surface area contributed by atoms with Crippen LogP contribution in [-0.2, 0) is 9.53 Å². The number of alkyl halides is 1. The number of hydrogen-bond donors (Lipinski definition) is 1. The fraction of sp³-hybridized carbons (Fsp3) is 0.900. The highest BCUT2D eigenvalue weighted by Gasteiger charge is 2.23. The van der Waals surface area contributed by atoms with Gasteiger partial charge in [-0.15, -0.1) is 11.6 Å². The predicted octanol–water partition coefficient (Wildman–Crippen LogP) is 1.40. The summed E-state index contributed by atoms with van der Waals surface area (Å²) in [4.78, 5) is 11.5. The first-order chi connectivity index (χ1) is 6.61. The lowest BCUT2D eigenvalue weighted by Crippen LogP contribution is -2.36. The SMILES string of the molecule is CC(C)C(Cl)CNC(=O)C1CCOC1. The third kappa shape index (κ3) is 3.46. The number of ether oxygens (including phenoxy) is 1. The van der Waals surface area contributed by atoms with E-state index in [2.05, 4.69) is 5.32 Å². The second-order valence-electron chi connectivity index (χ2n) is 4.07. The summed E-state index contributed by atoms with van der Waals surface area (Å²) in [7, 11) is 0. The lowest BCUT2D eigenvalue weighted by molar-refractivity contribution is -0.124. The first-order valence-corrected chi connectivity index (χ1v) is 5.54. The van der Waals surface area contributed by atoms with Crippen molar-refractivity contribution in [1.82, 2.24) is 5.32 Å². The molecule has 0 saturated carbocycles. The van der Waals surface area contributed by atoms with E-state index in [0.717, 1.165) is 6.42 Å². The molecule has 0 bridgehead atoms. The van der Waals surface area contributed by atoms with E-state index in [1.165, 1.54) is 0 Å². The molecule has 1 aliphatic heterocycles. The Morgan fingerprint density at radius 1 is 1.64 bits per heavy atom. The molecule has 0 aromatic carbocycles. The van der Waals surface area contributed by atoms with Gasteiger partial charge in [-0.05, 0) is 12.3 Å². The van der Waals surface area contributed by atoms with E-state index >= 15 is 0 Å². The Bertz CT molecular complexity index is 191. The maximum absolute atomic E-state index is 11.5. The molecular weight excluding hydrogens is 202 g/mol. The molecule has 0 aromatic heterocycles. The minimum atomic E-state index is 0.0151. The Hall–Kier alpha value is -0.280. The summed E-state index contributed by atoms with van der Waals surface area (Å²) >= 11 is 6.02. The van der Waals surface area contributed by atoms with Crippen LogP contribution >= 0.6 is 11.6 Å². The molecule has 1 aliphatic rings. The summed E-state index contributed by atoms with van der Waals surface area (Å²) in [6.07, 6.45) is 0.834. The molecule has 4 heteroatoms. The lowest BCUT2D eigenvalue weighted by Gasteiger charge is -2.15. The standard InChI is InChI=1S/C10H18ClNO2/c1-7(2)9(11)5-12-10(13)8-3-4-14-6-8/h7-9H,3-6H2,1-2H3,(H,12,13). The van der Waals surface area contributed by atoms with Gasteiger partial charge in [0.1, 0.15) is 0 Å². The molecule has 2 atom stereocenters. The smallest absolute Gasteiger partial charge is 0.225 e. The molecule has 82 valence electrons. The van der Waals surface area contributed by atoms with Crippen molar-refractivity contribution in [1.29, 1.82) is 0 Å². The molecule has 0 aromatic rings. The van der Waals surface area contributed by atoms with Crippen molar-refractivity contribution in [2.75, 3.05) is 19.8 Å². The number of hydrogen-bond acceptors (Lipinski definition) is 2. The van der Waals surface area contributed by atoms with E-state index in [1.54, 1.807) is 0 Å². The summed E-state index contributed by atoms with van der Waals surface area (Å²) in [5.41, 5.74) is 0. The van der Waals surface area contributed by atoms with Crippen LogP contribution in [-0.4, -0.2) is 31.0 Å². The molecule has 1 heterocycles. The fourth-order valence-electron chi connectivity index (χ4n) is 1.32. The van der Waals surface area contributed by atoms with Crippen molar-refractivity contribution in [2.45, 2.75) is 25.6 Å². The molecule has 0 radical (unpaired) electrons. The highest BCUT2D eigenvalue weighted by atomic mass is 35.5. The minimum absolute atomic E-state index is 0.0151. The molecule has 1 rings (SSSR count). The van der Waals surface area contributed by atoms with Gasteiger partial charge in [0.15, 0.2) is 0 Å². The van der Waals surface area contributed by atoms with Gasteiger partial charge in [-0.3, -0.25) is 4.79 Å². The average molecular weight is 220 g/mol. The van der Waals surface area contributed by atoms with Gasteiger partial charge < -0.3 is 10.1 Å². The van der Waals surface area contributed by atoms with E-state index in [4.69, 9.17) is 16.3 Å². The van der Waals surface area contributed by atoms with Gasteiger partial charge in [0.25, 0.3) is 0 Å². The zero-order chi connectivity index (χ0) is 10.6. The van der Waals surface area contributed by atoms with Gasteiger partial charge in [-0.25, -0.2) is 0 Å². The first kappa shape index (κ1) is 11.8. The van der Waals surface area contributed by atoms with Gasteiger partial charge in [0.2, 0.25) is 5.91 Å². The highest BCUT2D eigenvalue weighted by Crippen LogP contribution is 2.13. The van der Waals surface area contributed by atoms with Gasteiger partial charge in [-0.1, -0.05) is 13.8 Å². The van der Waals surface area contributed by atoms with Crippen LogP contribution in [0, 0.1) is 11.8 Å². The molecule has 0 spiro atoms. The van der Waals surface area contributed by atoms with Gasteiger partial charge in [-0.2, -0.15) is 0 Å². The van der Waals surface area contributed by atoms with Crippen molar-refractivity contribution in [3.8, 4) is 0 Å². The molecule has 1 amide bonds. The molecule has 1 saturated heterocycles. The lowest BCUT2D eigenvalue weighted by atomic mass is 10.1. The normalized spacial score (nSPS) is 23.9. The van der Waals surface area contributed by atoms with E-state index in [0.29, 0.717) is 25.7 Å². The van der Waals surface area contributed by atoms with Crippen molar-refractivity contribution in [2.24, 2.45) is 11.8 Å². The number of carbonyl (C=O) groups is 1. The molecule has 2 unspecified atom stereocenters. The maximum atomic E-state index is 11.5. The van der Waals surface area contributed by atoms with Crippen LogP contribution in [0.15, 0.2) is 0 Å². The van der Waals surface area contributed by atoms with Crippen LogP contribution < -0.4 is 5.32 Å². The molecule has 0 aliphatic carbocycles. The largest absolute Gasteiger partial charge is 0.381 e. The Morgan fingerprint density at radius 3 is 2.86 bits per heavy atom. The van der Waals surface area contributed by atoms with Gasteiger partial charge >= 0.3 is 0 Å². The second kappa shape index (κ2) is 5.56. The summed E-state index contributed by atoms with van der Waals surface area (Å²) in [6, 6.07) is 0. The van der Waals surface area contributed by atoms with Crippen LogP contribution in [0.2, 0.25) is 0 Å². The van der Waals surface area contributed by atoms with Crippen molar-refractivity contribution in [3.63, 3.8) is 0 Å². The summed E-state index contributed by atoms with van der Waals surface area (Å²) in [5, 5.41) is 2.87. The van der Waals surface area contributed by atoms with Crippen LogP contribution in [0.3, 0.4) is 0 Å². The zero-order valence-corrected chi connectivity index (χ0v) is 9.51. The maximum Gasteiger partial charge on any atom is 0.225 e. The predicted molar refractivity (Wildman–Crippen MR) is 56.4 cm³/mol. The number of rotatable bonds is 4.